The van der Waals surface area contributed by atoms with E-state index in [0.29, 0.717) is 0 Å². The molecule has 18 heavy (non-hydrogen) atoms. The second-order valence-corrected chi connectivity index (χ2v) is 4.01. The van der Waals surface area contributed by atoms with E-state index in [1.54, 1.807) is 12.1 Å². The lowest BCUT2D eigenvalue weighted by atomic mass is 9.74. The van der Waals surface area contributed by atoms with E-state index in [9.17, 15) is 15.0 Å². The Morgan fingerprint density at radius 1 is 1.17 bits per heavy atom. The van der Waals surface area contributed by atoms with E-state index >= 15 is 0 Å². The molecule has 0 aromatic heterocycles. The lowest BCUT2D eigenvalue weighted by Crippen LogP contribution is -2.39. The minimum Gasteiger partial charge on any atom is -0.478 e. The fourth-order valence-electron chi connectivity index (χ4n) is 1.87. The van der Waals surface area contributed by atoms with Gasteiger partial charge in [0.25, 0.3) is 0 Å². The summed E-state index contributed by atoms with van der Waals surface area (Å²) in [5.74, 6) is -1.16. The molecule has 0 heterocycles. The first-order valence-electron chi connectivity index (χ1n) is 5.37. The number of aliphatic hydroxyl groups is 3. The zero-order chi connectivity index (χ0) is 13.8. The third kappa shape index (κ3) is 2.28. The van der Waals surface area contributed by atoms with Crippen LogP contribution in [0.5, 0.6) is 0 Å². The highest BCUT2D eigenvalue weighted by molar-refractivity contribution is 5.90. The first-order chi connectivity index (χ1) is 8.53. The van der Waals surface area contributed by atoms with Gasteiger partial charge in [0.2, 0.25) is 0 Å². The maximum Gasteiger partial charge on any atom is 0.335 e. The molecule has 1 rings (SSSR count). The summed E-state index contributed by atoms with van der Waals surface area (Å²) in [6.07, 6.45) is 0. The number of carboxylic acids is 1. The van der Waals surface area contributed by atoms with Crippen LogP contribution in [0.3, 0.4) is 0 Å². The Bertz CT molecular complexity index is 448. The molecule has 1 aromatic rings. The molecule has 98 valence electrons. The average Bonchev–Trinajstić information content (AvgIpc) is 2.40. The Labute approximate surface area is 105 Å². The van der Waals surface area contributed by atoms with E-state index in [0.717, 1.165) is 0 Å². The fourth-order valence-corrected chi connectivity index (χ4v) is 1.87. The van der Waals surface area contributed by atoms with Crippen LogP contribution in [-0.4, -0.2) is 46.2 Å². The van der Waals surface area contributed by atoms with Crippen LogP contribution < -0.4 is 0 Å². The van der Waals surface area contributed by atoms with Crippen molar-refractivity contribution in [2.75, 3.05) is 19.8 Å². The van der Waals surface area contributed by atoms with Gasteiger partial charge in [0.05, 0.1) is 30.8 Å². The van der Waals surface area contributed by atoms with Crippen LogP contribution in [0, 0.1) is 0 Å². The summed E-state index contributed by atoms with van der Waals surface area (Å²) in [5.41, 5.74) is -0.984. The maximum absolute atomic E-state index is 11.2. The molecule has 0 amide bonds. The second kappa shape index (κ2) is 5.77. The average molecular weight is 252 g/mol. The van der Waals surface area contributed by atoms with Crippen LogP contribution >= 0.6 is 0 Å². The molecule has 0 aliphatic rings. The zero-order valence-corrected chi connectivity index (χ0v) is 9.83. The lowest BCUT2D eigenvalue weighted by molar-refractivity contribution is 0.0689. The molecule has 5 nitrogen and oxygen atoms in total. The molecule has 0 aliphatic heterocycles. The molecule has 0 unspecified atom stereocenters. The van der Waals surface area contributed by atoms with Crippen molar-refractivity contribution < 1.29 is 25.2 Å². The van der Waals surface area contributed by atoms with E-state index < -0.39 is 31.2 Å². The van der Waals surface area contributed by atoms with E-state index in [1.807, 2.05) is 0 Å². The van der Waals surface area contributed by atoms with Crippen molar-refractivity contribution in [2.24, 2.45) is 0 Å². The third-order valence-corrected chi connectivity index (χ3v) is 3.08. The van der Waals surface area contributed by atoms with Crippen LogP contribution in [-0.2, 0) is 5.41 Å². The molecule has 1 aromatic carbocycles. The van der Waals surface area contributed by atoms with Crippen LogP contribution in [0.1, 0.15) is 15.9 Å². The van der Waals surface area contributed by atoms with Crippen molar-refractivity contribution in [3.63, 3.8) is 0 Å². The number of rotatable bonds is 6. The van der Waals surface area contributed by atoms with Crippen molar-refractivity contribution in [1.29, 1.82) is 0 Å². The summed E-state index contributed by atoms with van der Waals surface area (Å²) in [6, 6.07) is 6.03. The molecule has 0 aliphatic carbocycles. The number of carboxylic acid groups (broad SMARTS) is 1. The number of hydrogen-bond acceptors (Lipinski definition) is 4. The largest absolute Gasteiger partial charge is 0.478 e. The Hall–Kier alpha value is -1.69. The van der Waals surface area contributed by atoms with Gasteiger partial charge < -0.3 is 20.4 Å². The van der Waals surface area contributed by atoms with Gasteiger partial charge in [-0.1, -0.05) is 24.8 Å². The summed E-state index contributed by atoms with van der Waals surface area (Å²) >= 11 is 0. The third-order valence-electron chi connectivity index (χ3n) is 3.08. The summed E-state index contributed by atoms with van der Waals surface area (Å²) < 4.78 is 0. The molecule has 0 saturated heterocycles. The Balaban J connectivity index is 3.48. The maximum atomic E-state index is 11.2. The Morgan fingerprint density at radius 3 is 2.17 bits per heavy atom. The normalized spacial score (nSPS) is 11.3. The van der Waals surface area contributed by atoms with Crippen LogP contribution in [0.4, 0.5) is 0 Å². The van der Waals surface area contributed by atoms with Gasteiger partial charge >= 0.3 is 5.97 Å². The minimum absolute atomic E-state index is 0.0322. The number of aliphatic hydroxyl groups excluding tert-OH is 3. The van der Waals surface area contributed by atoms with Gasteiger partial charge in [-0.15, -0.1) is 0 Å². The fraction of sp³-hybridized carbons (Fsp3) is 0.308. The monoisotopic (exact) mass is 252 g/mol. The SMILES string of the molecule is C=C(CO)C(CO)(CO)c1ccccc1C(=O)O. The summed E-state index contributed by atoms with van der Waals surface area (Å²) in [7, 11) is 0. The van der Waals surface area contributed by atoms with Crippen molar-refractivity contribution in [3.8, 4) is 0 Å². The number of hydrogen-bond donors (Lipinski definition) is 4. The quantitative estimate of drug-likeness (QED) is 0.540. The lowest BCUT2D eigenvalue weighted by Gasteiger charge is -2.33. The molecule has 0 spiro atoms. The first kappa shape index (κ1) is 14.4. The molecule has 0 fully saturated rings. The highest BCUT2D eigenvalue weighted by Gasteiger charge is 2.36. The predicted molar refractivity (Wildman–Crippen MR) is 65.5 cm³/mol. The van der Waals surface area contributed by atoms with Gasteiger partial charge in [-0.25, -0.2) is 4.79 Å². The summed E-state index contributed by atoms with van der Waals surface area (Å²) in [6.45, 7) is 2.08. The number of benzene rings is 1. The molecular weight excluding hydrogens is 236 g/mol. The van der Waals surface area contributed by atoms with Gasteiger partial charge in [-0.2, -0.15) is 0 Å². The highest BCUT2D eigenvalue weighted by Crippen LogP contribution is 2.33. The van der Waals surface area contributed by atoms with Crippen LogP contribution in [0.15, 0.2) is 36.4 Å². The molecule has 5 heteroatoms. The van der Waals surface area contributed by atoms with Crippen molar-refractivity contribution in [3.05, 3.63) is 47.5 Å². The summed E-state index contributed by atoms with van der Waals surface area (Å²) in [5, 5.41) is 37.3. The van der Waals surface area contributed by atoms with Crippen LogP contribution in [0.2, 0.25) is 0 Å². The zero-order valence-electron chi connectivity index (χ0n) is 9.83. The van der Waals surface area contributed by atoms with Gasteiger partial charge in [-0.05, 0) is 17.2 Å². The molecule has 0 atom stereocenters. The van der Waals surface area contributed by atoms with Gasteiger partial charge in [0, 0.05) is 0 Å². The Morgan fingerprint density at radius 2 is 1.72 bits per heavy atom. The molecule has 0 radical (unpaired) electrons. The predicted octanol–water partition coefficient (Wildman–Crippen LogP) is 0.156. The van der Waals surface area contributed by atoms with Crippen molar-refractivity contribution in [2.45, 2.75) is 5.41 Å². The van der Waals surface area contributed by atoms with E-state index in [2.05, 4.69) is 6.58 Å². The highest BCUT2D eigenvalue weighted by atomic mass is 16.4. The molecule has 0 saturated carbocycles. The van der Waals surface area contributed by atoms with Gasteiger partial charge in [0.15, 0.2) is 0 Å². The van der Waals surface area contributed by atoms with E-state index in [1.165, 1.54) is 12.1 Å². The smallest absolute Gasteiger partial charge is 0.335 e. The van der Waals surface area contributed by atoms with E-state index in [4.69, 9.17) is 10.2 Å². The Kier molecular flexibility index (Phi) is 4.61. The minimum atomic E-state index is -1.36. The molecular formula is C13H16O5. The van der Waals surface area contributed by atoms with Gasteiger partial charge in [-0.3, -0.25) is 0 Å². The van der Waals surface area contributed by atoms with Gasteiger partial charge in [0.1, 0.15) is 0 Å². The molecule has 4 N–H and O–H groups in total. The number of carbonyl (C=O) groups is 1. The summed E-state index contributed by atoms with van der Waals surface area (Å²) in [4.78, 5) is 11.2. The molecule has 0 bridgehead atoms. The van der Waals surface area contributed by atoms with Crippen LogP contribution in [0.25, 0.3) is 0 Å². The van der Waals surface area contributed by atoms with Crippen molar-refractivity contribution in [1.82, 2.24) is 0 Å². The van der Waals surface area contributed by atoms with E-state index in [-0.39, 0.29) is 16.7 Å². The first-order valence-corrected chi connectivity index (χ1v) is 5.37. The number of aromatic carboxylic acids is 1. The topological polar surface area (TPSA) is 98.0 Å². The standard InChI is InChI=1S/C13H16O5/c1-9(6-14)13(7-15,8-16)11-5-3-2-4-10(11)12(17)18/h2-5,14-16H,1,6-8H2,(H,17,18). The van der Waals surface area contributed by atoms with Crippen molar-refractivity contribution >= 4 is 5.97 Å². The second-order valence-electron chi connectivity index (χ2n) is 4.01.